The molecule has 0 aliphatic heterocycles. The maximum atomic E-state index is 12.2. The fourth-order valence-corrected chi connectivity index (χ4v) is 3.68. The van der Waals surface area contributed by atoms with Crippen molar-refractivity contribution >= 4 is 39.9 Å². The second kappa shape index (κ2) is 9.84. The van der Waals surface area contributed by atoms with Crippen LogP contribution in [0.4, 0.5) is 0 Å². The van der Waals surface area contributed by atoms with Gasteiger partial charge in [0.15, 0.2) is 6.61 Å². The van der Waals surface area contributed by atoms with Crippen LogP contribution < -0.4 is 10.6 Å². The summed E-state index contributed by atoms with van der Waals surface area (Å²) in [6.45, 7) is 1.20. The second-order valence-corrected chi connectivity index (χ2v) is 7.54. The van der Waals surface area contributed by atoms with Gasteiger partial charge in [0.05, 0.1) is 12.5 Å². The minimum absolute atomic E-state index is 0.151. The van der Waals surface area contributed by atoms with Crippen molar-refractivity contribution in [2.24, 2.45) is 0 Å². The molecule has 7 heteroatoms. The smallest absolute Gasteiger partial charge is 0.325 e. The molecule has 3 aromatic rings. The van der Waals surface area contributed by atoms with Gasteiger partial charge in [-0.2, -0.15) is 0 Å². The monoisotopic (exact) mass is 410 g/mol. The summed E-state index contributed by atoms with van der Waals surface area (Å²) >= 11 is 1.54. The summed E-state index contributed by atoms with van der Waals surface area (Å²) in [4.78, 5) is 36.9. The molecule has 0 aliphatic rings. The number of fused-ring (bicyclic) bond motifs is 1. The summed E-state index contributed by atoms with van der Waals surface area (Å²) in [5.41, 5.74) is 0.885. The number of hydrogen-bond donors (Lipinski definition) is 2. The highest BCUT2D eigenvalue weighted by Gasteiger charge is 2.13. The minimum atomic E-state index is -0.657. The van der Waals surface area contributed by atoms with Gasteiger partial charge in [-0.3, -0.25) is 14.4 Å². The molecule has 0 bridgehead atoms. The molecular weight excluding hydrogens is 388 g/mol. The van der Waals surface area contributed by atoms with Crippen LogP contribution in [0.15, 0.2) is 60.0 Å². The van der Waals surface area contributed by atoms with E-state index in [1.807, 2.05) is 66.9 Å². The van der Waals surface area contributed by atoms with Gasteiger partial charge >= 0.3 is 5.97 Å². The third kappa shape index (κ3) is 5.89. The summed E-state index contributed by atoms with van der Waals surface area (Å²) in [5, 5.41) is 9.29. The quantitative estimate of drug-likeness (QED) is 0.559. The molecule has 29 heavy (non-hydrogen) atoms. The molecule has 0 fully saturated rings. The Balaban J connectivity index is 1.41. The van der Waals surface area contributed by atoms with Gasteiger partial charge in [-0.15, -0.1) is 11.3 Å². The summed E-state index contributed by atoms with van der Waals surface area (Å²) in [6, 6.07) is 17.3. The van der Waals surface area contributed by atoms with Crippen molar-refractivity contribution in [3.63, 3.8) is 0 Å². The lowest BCUT2D eigenvalue weighted by molar-refractivity contribution is -0.148. The van der Waals surface area contributed by atoms with E-state index in [0.717, 1.165) is 21.2 Å². The zero-order valence-electron chi connectivity index (χ0n) is 16.0. The highest BCUT2D eigenvalue weighted by atomic mass is 32.1. The normalized spacial score (nSPS) is 11.6. The predicted octanol–water partition coefficient (Wildman–Crippen LogP) is 2.98. The lowest BCUT2D eigenvalue weighted by atomic mass is 10.0. The van der Waals surface area contributed by atoms with Gasteiger partial charge in [0.25, 0.3) is 5.91 Å². The number of carbonyl (C=O) groups is 3. The second-order valence-electron chi connectivity index (χ2n) is 6.56. The number of esters is 1. The van der Waals surface area contributed by atoms with Crippen LogP contribution in [0.3, 0.4) is 0 Å². The summed E-state index contributed by atoms with van der Waals surface area (Å²) in [5.74, 6) is -1.33. The molecule has 0 aliphatic carbocycles. The Morgan fingerprint density at radius 1 is 1.00 bits per heavy atom. The van der Waals surface area contributed by atoms with E-state index >= 15 is 0 Å². The topological polar surface area (TPSA) is 84.5 Å². The van der Waals surface area contributed by atoms with Crippen LogP contribution in [0.2, 0.25) is 0 Å². The van der Waals surface area contributed by atoms with Crippen LogP contribution in [0.1, 0.15) is 23.4 Å². The number of amides is 2. The first-order valence-corrected chi connectivity index (χ1v) is 10.1. The summed E-state index contributed by atoms with van der Waals surface area (Å²) in [7, 11) is 0. The van der Waals surface area contributed by atoms with E-state index in [4.69, 9.17) is 4.74 Å². The highest BCUT2D eigenvalue weighted by Crippen LogP contribution is 2.19. The molecule has 0 unspecified atom stereocenters. The van der Waals surface area contributed by atoms with Crippen LogP contribution in [-0.4, -0.2) is 30.9 Å². The molecule has 6 nitrogen and oxygen atoms in total. The van der Waals surface area contributed by atoms with Crippen LogP contribution in [0.5, 0.6) is 0 Å². The maximum Gasteiger partial charge on any atom is 0.325 e. The van der Waals surface area contributed by atoms with Crippen molar-refractivity contribution in [1.29, 1.82) is 0 Å². The van der Waals surface area contributed by atoms with Crippen LogP contribution in [0, 0.1) is 0 Å². The van der Waals surface area contributed by atoms with Gasteiger partial charge in [-0.1, -0.05) is 48.5 Å². The molecule has 1 aromatic heterocycles. The largest absolute Gasteiger partial charge is 0.454 e. The van der Waals surface area contributed by atoms with Gasteiger partial charge in [0, 0.05) is 4.88 Å². The average Bonchev–Trinajstić information content (AvgIpc) is 3.26. The first-order valence-electron chi connectivity index (χ1n) is 9.24. The molecule has 1 atom stereocenters. The number of nitrogens with one attached hydrogen (secondary N) is 2. The van der Waals surface area contributed by atoms with Crippen molar-refractivity contribution in [3.8, 4) is 0 Å². The van der Waals surface area contributed by atoms with E-state index in [0.29, 0.717) is 0 Å². The van der Waals surface area contributed by atoms with Crippen molar-refractivity contribution in [1.82, 2.24) is 10.6 Å². The summed E-state index contributed by atoms with van der Waals surface area (Å²) in [6.07, 6.45) is 0.160. The molecule has 2 N–H and O–H groups in total. The van der Waals surface area contributed by atoms with E-state index in [1.165, 1.54) is 11.3 Å². The number of ether oxygens (including phenoxy) is 1. The number of carbonyl (C=O) groups excluding carboxylic acids is 3. The van der Waals surface area contributed by atoms with Gasteiger partial charge in [-0.25, -0.2) is 0 Å². The van der Waals surface area contributed by atoms with Gasteiger partial charge < -0.3 is 15.4 Å². The molecule has 2 aromatic carbocycles. The first-order chi connectivity index (χ1) is 14.0. The average molecular weight is 410 g/mol. The standard InChI is InChI=1S/C22H22N2O4S/c1-15(19-10-5-11-29-19)24-21(26)14-28-22(27)13-23-20(25)12-17-8-4-7-16-6-2-3-9-18(16)17/h2-11,15H,12-14H2,1H3,(H,23,25)(H,24,26)/t15-/m0/s1. The number of benzene rings is 2. The van der Waals surface area contributed by atoms with Crippen molar-refractivity contribution in [2.45, 2.75) is 19.4 Å². The molecule has 1 heterocycles. The third-order valence-electron chi connectivity index (χ3n) is 4.37. The Morgan fingerprint density at radius 3 is 2.59 bits per heavy atom. The van der Waals surface area contributed by atoms with Gasteiger partial charge in [0.2, 0.25) is 5.91 Å². The Morgan fingerprint density at radius 2 is 1.79 bits per heavy atom. The molecular formula is C22H22N2O4S. The lowest BCUT2D eigenvalue weighted by Gasteiger charge is -2.12. The predicted molar refractivity (Wildman–Crippen MR) is 112 cm³/mol. The van der Waals surface area contributed by atoms with E-state index in [9.17, 15) is 14.4 Å². The molecule has 2 amide bonds. The fourth-order valence-electron chi connectivity index (χ4n) is 2.94. The Bertz CT molecular complexity index is 996. The lowest BCUT2D eigenvalue weighted by Crippen LogP contribution is -2.35. The van der Waals surface area contributed by atoms with E-state index in [1.54, 1.807) is 0 Å². The molecule has 150 valence electrons. The molecule has 0 radical (unpaired) electrons. The van der Waals surface area contributed by atoms with Crippen molar-refractivity contribution in [3.05, 3.63) is 70.4 Å². The molecule has 3 rings (SSSR count). The van der Waals surface area contributed by atoms with Gasteiger partial charge in [-0.05, 0) is 34.7 Å². The molecule has 0 saturated carbocycles. The van der Waals surface area contributed by atoms with Crippen molar-refractivity contribution in [2.75, 3.05) is 13.2 Å². The van der Waals surface area contributed by atoms with Gasteiger partial charge in [0.1, 0.15) is 6.54 Å². The first kappa shape index (κ1) is 20.5. The number of thiophene rings is 1. The highest BCUT2D eigenvalue weighted by molar-refractivity contribution is 7.10. The zero-order valence-corrected chi connectivity index (χ0v) is 16.8. The Hall–Kier alpha value is -3.19. The number of rotatable bonds is 8. The molecule has 0 saturated heterocycles. The van der Waals surface area contributed by atoms with Crippen LogP contribution >= 0.6 is 11.3 Å². The Kier molecular flexibility index (Phi) is 6.97. The summed E-state index contributed by atoms with van der Waals surface area (Å²) < 4.78 is 4.93. The van der Waals surface area contributed by atoms with E-state index in [-0.39, 0.29) is 37.4 Å². The zero-order chi connectivity index (χ0) is 20.6. The fraction of sp³-hybridized carbons (Fsp3) is 0.227. The van der Waals surface area contributed by atoms with E-state index in [2.05, 4.69) is 10.6 Å². The van der Waals surface area contributed by atoms with E-state index < -0.39 is 5.97 Å². The maximum absolute atomic E-state index is 12.2. The van der Waals surface area contributed by atoms with Crippen LogP contribution in [-0.2, 0) is 25.5 Å². The Labute approximate surface area is 172 Å². The molecule has 0 spiro atoms. The number of hydrogen-bond acceptors (Lipinski definition) is 5. The third-order valence-corrected chi connectivity index (χ3v) is 5.43. The van der Waals surface area contributed by atoms with Crippen LogP contribution in [0.25, 0.3) is 10.8 Å². The SMILES string of the molecule is C[C@H](NC(=O)COC(=O)CNC(=O)Cc1cccc2ccccc12)c1cccs1. The minimum Gasteiger partial charge on any atom is -0.454 e. The van der Waals surface area contributed by atoms with Crippen molar-refractivity contribution < 1.29 is 19.1 Å².